The predicted octanol–water partition coefficient (Wildman–Crippen LogP) is 1.14. The topological polar surface area (TPSA) is 85.9 Å². The first-order chi connectivity index (χ1) is 11.4. The molecular weight excluding hydrogens is 328 g/mol. The third kappa shape index (κ3) is 2.46. The van der Waals surface area contributed by atoms with E-state index in [0.717, 1.165) is 12.1 Å². The van der Waals surface area contributed by atoms with Crippen LogP contribution in [0.1, 0.15) is 48.3 Å². The predicted molar refractivity (Wildman–Crippen MR) is 87.1 cm³/mol. The zero-order valence-corrected chi connectivity index (χ0v) is 15.0. The second-order valence-electron chi connectivity index (χ2n) is 6.83. The smallest absolute Gasteiger partial charge is 0.246 e. The number of hydrogen-bond donors (Lipinski definition) is 0. The van der Waals surface area contributed by atoms with E-state index < -0.39 is 10.0 Å². The summed E-state index contributed by atoms with van der Waals surface area (Å²) in [7, 11) is -1.76. The largest absolute Gasteiger partial charge is 0.271 e. The number of nitrogens with zero attached hydrogens (tertiary/aromatic N) is 6. The van der Waals surface area contributed by atoms with E-state index in [-0.39, 0.29) is 6.04 Å². The number of aromatic nitrogens is 5. The molecule has 8 nitrogen and oxygen atoms in total. The fraction of sp³-hybridized carbons (Fsp3) is 0.667. The van der Waals surface area contributed by atoms with Gasteiger partial charge in [0.1, 0.15) is 4.90 Å². The van der Waals surface area contributed by atoms with E-state index in [1.807, 2.05) is 10.9 Å². The molecule has 1 aliphatic heterocycles. The van der Waals surface area contributed by atoms with Gasteiger partial charge in [-0.2, -0.15) is 9.40 Å². The molecule has 9 heteroatoms. The van der Waals surface area contributed by atoms with Gasteiger partial charge in [0, 0.05) is 32.3 Å². The molecule has 1 saturated heterocycles. The molecule has 0 aromatic carbocycles. The van der Waals surface area contributed by atoms with Gasteiger partial charge in [0.25, 0.3) is 0 Å². The number of rotatable bonds is 4. The summed E-state index contributed by atoms with van der Waals surface area (Å²) in [6.07, 6.45) is 5.11. The average Bonchev–Trinajstić information content (AvgIpc) is 2.97. The van der Waals surface area contributed by atoms with E-state index in [2.05, 4.69) is 15.4 Å². The van der Waals surface area contributed by atoms with Crippen LogP contribution >= 0.6 is 0 Å². The second-order valence-corrected chi connectivity index (χ2v) is 8.70. The normalized spacial score (nSPS) is 22.4. The molecule has 0 radical (unpaired) electrons. The zero-order chi connectivity index (χ0) is 17.1. The Morgan fingerprint density at radius 2 is 1.96 bits per heavy atom. The van der Waals surface area contributed by atoms with E-state index >= 15 is 0 Å². The Kier molecular flexibility index (Phi) is 3.54. The standard InChI is InChI=1S/C15H22N6O2S/c1-10-15(11(2)19(3)17-10)24(22,23)20-7-6-13(8-20)21-9-14(16-18-21)12-4-5-12/h9,12-13H,4-8H2,1-3H3. The van der Waals surface area contributed by atoms with Crippen molar-refractivity contribution in [3.05, 3.63) is 23.3 Å². The summed E-state index contributed by atoms with van der Waals surface area (Å²) < 4.78 is 31.0. The lowest BCUT2D eigenvalue weighted by atomic mass is 10.2. The van der Waals surface area contributed by atoms with Crippen LogP contribution in [0.25, 0.3) is 0 Å². The maximum atomic E-state index is 13.0. The summed E-state index contributed by atoms with van der Waals surface area (Å²) in [6, 6.07) is 0.0528. The molecule has 130 valence electrons. The Balaban J connectivity index is 1.57. The van der Waals surface area contributed by atoms with Crippen molar-refractivity contribution in [3.63, 3.8) is 0 Å². The fourth-order valence-electron chi connectivity index (χ4n) is 3.44. The maximum Gasteiger partial charge on any atom is 0.246 e. The Morgan fingerprint density at radius 3 is 2.58 bits per heavy atom. The Hall–Kier alpha value is -1.74. The van der Waals surface area contributed by atoms with Crippen LogP contribution in [0.4, 0.5) is 0 Å². The number of sulfonamides is 1. The Labute approximate surface area is 141 Å². The molecule has 2 aromatic rings. The molecule has 3 heterocycles. The summed E-state index contributed by atoms with van der Waals surface area (Å²) in [5.74, 6) is 0.556. The van der Waals surface area contributed by atoms with E-state index in [1.165, 1.54) is 12.8 Å². The summed E-state index contributed by atoms with van der Waals surface area (Å²) in [6.45, 7) is 4.47. The molecule has 0 N–H and O–H groups in total. The first kappa shape index (κ1) is 15.8. The van der Waals surface area contributed by atoms with Crippen molar-refractivity contribution in [1.82, 2.24) is 29.1 Å². The van der Waals surface area contributed by atoms with Crippen LogP contribution in [-0.4, -0.2) is 50.6 Å². The third-order valence-corrected chi connectivity index (χ3v) is 7.18. The molecule has 2 fully saturated rings. The zero-order valence-electron chi connectivity index (χ0n) is 14.2. The molecule has 1 aliphatic carbocycles. The minimum atomic E-state index is -3.53. The third-order valence-electron chi connectivity index (χ3n) is 5.06. The van der Waals surface area contributed by atoms with Gasteiger partial charge >= 0.3 is 0 Å². The molecule has 0 bridgehead atoms. The highest BCUT2D eigenvalue weighted by molar-refractivity contribution is 7.89. The molecule has 2 aliphatic rings. The lowest BCUT2D eigenvalue weighted by Gasteiger charge is -2.17. The lowest BCUT2D eigenvalue weighted by Crippen LogP contribution is -2.30. The van der Waals surface area contributed by atoms with Crippen LogP contribution in [0.3, 0.4) is 0 Å². The molecule has 1 saturated carbocycles. The minimum Gasteiger partial charge on any atom is -0.271 e. The van der Waals surface area contributed by atoms with Crippen LogP contribution in [0.5, 0.6) is 0 Å². The first-order valence-corrected chi connectivity index (χ1v) is 9.74. The van der Waals surface area contributed by atoms with E-state index in [1.54, 1.807) is 29.9 Å². The van der Waals surface area contributed by atoms with Crippen LogP contribution < -0.4 is 0 Å². The van der Waals surface area contributed by atoms with Gasteiger partial charge in [-0.15, -0.1) is 5.10 Å². The Morgan fingerprint density at radius 1 is 1.21 bits per heavy atom. The van der Waals surface area contributed by atoms with Gasteiger partial charge in [-0.3, -0.25) is 4.68 Å². The van der Waals surface area contributed by atoms with Crippen molar-refractivity contribution in [2.24, 2.45) is 7.05 Å². The highest BCUT2D eigenvalue weighted by Crippen LogP contribution is 2.39. The van der Waals surface area contributed by atoms with Gasteiger partial charge in [-0.1, -0.05) is 5.21 Å². The minimum absolute atomic E-state index is 0.0528. The van der Waals surface area contributed by atoms with Gasteiger partial charge < -0.3 is 0 Å². The van der Waals surface area contributed by atoms with Crippen molar-refractivity contribution in [2.45, 2.75) is 50.0 Å². The highest BCUT2D eigenvalue weighted by Gasteiger charge is 2.37. The van der Waals surface area contributed by atoms with Crippen molar-refractivity contribution in [1.29, 1.82) is 0 Å². The van der Waals surface area contributed by atoms with E-state index in [0.29, 0.717) is 35.3 Å². The van der Waals surface area contributed by atoms with Gasteiger partial charge in [-0.05, 0) is 33.1 Å². The van der Waals surface area contributed by atoms with Crippen molar-refractivity contribution in [2.75, 3.05) is 13.1 Å². The van der Waals surface area contributed by atoms with Crippen molar-refractivity contribution < 1.29 is 8.42 Å². The van der Waals surface area contributed by atoms with Crippen LogP contribution in [0.15, 0.2) is 11.1 Å². The van der Waals surface area contributed by atoms with Crippen LogP contribution in [0, 0.1) is 13.8 Å². The Bertz CT molecular complexity index is 880. The summed E-state index contributed by atoms with van der Waals surface area (Å²) >= 11 is 0. The van der Waals surface area contributed by atoms with Crippen molar-refractivity contribution >= 4 is 10.0 Å². The highest BCUT2D eigenvalue weighted by atomic mass is 32.2. The summed E-state index contributed by atoms with van der Waals surface area (Å²) in [5, 5.41) is 12.7. The van der Waals surface area contributed by atoms with E-state index in [9.17, 15) is 8.42 Å². The fourth-order valence-corrected chi connectivity index (χ4v) is 5.33. The molecule has 0 spiro atoms. The summed E-state index contributed by atoms with van der Waals surface area (Å²) in [4.78, 5) is 0.336. The van der Waals surface area contributed by atoms with Gasteiger partial charge in [0.05, 0.1) is 23.1 Å². The monoisotopic (exact) mass is 350 g/mol. The van der Waals surface area contributed by atoms with Crippen LogP contribution in [-0.2, 0) is 17.1 Å². The molecule has 1 atom stereocenters. The molecule has 4 rings (SSSR count). The van der Waals surface area contributed by atoms with Gasteiger partial charge in [-0.25, -0.2) is 13.1 Å². The quantitative estimate of drug-likeness (QED) is 0.825. The van der Waals surface area contributed by atoms with E-state index in [4.69, 9.17) is 0 Å². The summed E-state index contributed by atoms with van der Waals surface area (Å²) in [5.41, 5.74) is 2.26. The lowest BCUT2D eigenvalue weighted by molar-refractivity contribution is 0.428. The molecular formula is C15H22N6O2S. The molecule has 2 aromatic heterocycles. The first-order valence-electron chi connectivity index (χ1n) is 8.30. The van der Waals surface area contributed by atoms with Crippen LogP contribution in [0.2, 0.25) is 0 Å². The second kappa shape index (κ2) is 5.38. The molecule has 0 amide bonds. The van der Waals surface area contributed by atoms with Gasteiger partial charge in [0.15, 0.2) is 0 Å². The van der Waals surface area contributed by atoms with Gasteiger partial charge in [0.2, 0.25) is 10.0 Å². The number of aryl methyl sites for hydroxylation is 2. The average molecular weight is 350 g/mol. The SMILES string of the molecule is Cc1nn(C)c(C)c1S(=O)(=O)N1CCC(n2cc(C3CC3)nn2)C1. The molecule has 1 unspecified atom stereocenters. The number of hydrogen-bond acceptors (Lipinski definition) is 5. The van der Waals surface area contributed by atoms with Crippen molar-refractivity contribution in [3.8, 4) is 0 Å². The maximum absolute atomic E-state index is 13.0. The molecule has 24 heavy (non-hydrogen) atoms.